The number of amides is 1. The lowest BCUT2D eigenvalue weighted by Crippen LogP contribution is -2.14. The first kappa shape index (κ1) is 19.7. The third-order valence-electron chi connectivity index (χ3n) is 3.38. The van der Waals surface area contributed by atoms with Gasteiger partial charge in [0, 0.05) is 5.75 Å². The third kappa shape index (κ3) is 6.27. The number of hydrogen-bond acceptors (Lipinski definition) is 7. The molecule has 0 atom stereocenters. The van der Waals surface area contributed by atoms with E-state index in [1.807, 2.05) is 49.4 Å². The molecule has 0 fully saturated rings. The number of rotatable bonds is 9. The first-order valence-electron chi connectivity index (χ1n) is 8.39. The molecule has 0 radical (unpaired) electrons. The fourth-order valence-corrected chi connectivity index (χ4v) is 4.97. The highest BCUT2D eigenvalue weighted by Crippen LogP contribution is 2.31. The molecule has 0 spiro atoms. The topological polar surface area (TPSA) is 64.1 Å². The Kier molecular flexibility index (Phi) is 7.55. The number of nitrogens with zero attached hydrogens (tertiary/aromatic N) is 2. The van der Waals surface area contributed by atoms with Crippen molar-refractivity contribution in [3.63, 3.8) is 0 Å². The number of carbonyl (C=O) groups is 1. The van der Waals surface area contributed by atoms with Gasteiger partial charge in [-0.25, -0.2) is 0 Å². The lowest BCUT2D eigenvalue weighted by molar-refractivity contribution is -0.113. The van der Waals surface area contributed by atoms with Crippen molar-refractivity contribution < 1.29 is 9.53 Å². The third-order valence-corrected chi connectivity index (χ3v) is 6.64. The monoisotopic (exact) mass is 417 g/mol. The molecule has 1 heterocycles. The van der Waals surface area contributed by atoms with Gasteiger partial charge in [0.15, 0.2) is 8.68 Å². The summed E-state index contributed by atoms with van der Waals surface area (Å²) in [7, 11) is 0. The fraction of sp³-hybridized carbons (Fsp3) is 0.211. The SMILES string of the molecule is CCOc1ccccc1NC(=O)CSc1nnc(SCc2ccccc2)s1. The summed E-state index contributed by atoms with van der Waals surface area (Å²) in [5, 5.41) is 11.2. The highest BCUT2D eigenvalue weighted by Gasteiger charge is 2.11. The molecular weight excluding hydrogens is 398 g/mol. The molecule has 1 N–H and O–H groups in total. The summed E-state index contributed by atoms with van der Waals surface area (Å²) < 4.78 is 7.22. The molecule has 0 saturated carbocycles. The number of carbonyl (C=O) groups excluding carboxylic acids is 1. The fourth-order valence-electron chi connectivity index (χ4n) is 2.20. The summed E-state index contributed by atoms with van der Waals surface area (Å²) in [6.45, 7) is 2.47. The van der Waals surface area contributed by atoms with Crippen molar-refractivity contribution in [3.05, 3.63) is 60.2 Å². The normalized spacial score (nSPS) is 10.6. The van der Waals surface area contributed by atoms with Gasteiger partial charge in [-0.05, 0) is 24.6 Å². The molecule has 3 aromatic rings. The zero-order valence-corrected chi connectivity index (χ0v) is 17.2. The lowest BCUT2D eigenvalue weighted by Gasteiger charge is -2.10. The van der Waals surface area contributed by atoms with E-state index in [-0.39, 0.29) is 11.7 Å². The maximum atomic E-state index is 12.2. The van der Waals surface area contributed by atoms with Crippen LogP contribution >= 0.6 is 34.9 Å². The van der Waals surface area contributed by atoms with Crippen LogP contribution < -0.4 is 10.1 Å². The molecule has 27 heavy (non-hydrogen) atoms. The van der Waals surface area contributed by atoms with Crippen molar-refractivity contribution in [2.24, 2.45) is 0 Å². The average Bonchev–Trinajstić information content (AvgIpc) is 3.15. The van der Waals surface area contributed by atoms with E-state index in [4.69, 9.17) is 4.74 Å². The maximum Gasteiger partial charge on any atom is 0.234 e. The number of thioether (sulfide) groups is 2. The van der Waals surface area contributed by atoms with Gasteiger partial charge in [-0.15, -0.1) is 10.2 Å². The van der Waals surface area contributed by atoms with Crippen LogP contribution in [-0.4, -0.2) is 28.5 Å². The summed E-state index contributed by atoms with van der Waals surface area (Å²) in [5.74, 6) is 1.71. The summed E-state index contributed by atoms with van der Waals surface area (Å²) in [6.07, 6.45) is 0. The smallest absolute Gasteiger partial charge is 0.234 e. The summed E-state index contributed by atoms with van der Waals surface area (Å²) in [5.41, 5.74) is 1.93. The number of anilines is 1. The Morgan fingerprint density at radius 1 is 1.04 bits per heavy atom. The van der Waals surface area contributed by atoms with Crippen LogP contribution in [0.1, 0.15) is 12.5 Å². The zero-order chi connectivity index (χ0) is 18.9. The van der Waals surface area contributed by atoms with Crippen LogP contribution in [0.4, 0.5) is 5.69 Å². The number of hydrogen-bond donors (Lipinski definition) is 1. The van der Waals surface area contributed by atoms with Gasteiger partial charge in [0.2, 0.25) is 5.91 Å². The van der Waals surface area contributed by atoms with E-state index in [0.717, 1.165) is 14.4 Å². The summed E-state index contributed by atoms with van der Waals surface area (Å²) >= 11 is 4.55. The van der Waals surface area contributed by atoms with Crippen LogP contribution in [0.25, 0.3) is 0 Å². The Morgan fingerprint density at radius 3 is 2.52 bits per heavy atom. The van der Waals surface area contributed by atoms with Gasteiger partial charge in [-0.1, -0.05) is 77.3 Å². The van der Waals surface area contributed by atoms with Gasteiger partial charge < -0.3 is 10.1 Å². The lowest BCUT2D eigenvalue weighted by atomic mass is 10.2. The molecule has 2 aromatic carbocycles. The van der Waals surface area contributed by atoms with Crippen molar-refractivity contribution >= 4 is 46.5 Å². The molecule has 0 aliphatic heterocycles. The zero-order valence-electron chi connectivity index (χ0n) is 14.8. The first-order valence-corrected chi connectivity index (χ1v) is 11.2. The molecule has 140 valence electrons. The molecule has 1 aromatic heterocycles. The van der Waals surface area contributed by atoms with Gasteiger partial charge in [0.05, 0.1) is 18.0 Å². The van der Waals surface area contributed by atoms with Crippen LogP contribution in [0.3, 0.4) is 0 Å². The second kappa shape index (κ2) is 10.3. The molecule has 0 bridgehead atoms. The highest BCUT2D eigenvalue weighted by molar-refractivity contribution is 8.03. The van der Waals surface area contributed by atoms with Crippen molar-refractivity contribution in [2.75, 3.05) is 17.7 Å². The van der Waals surface area contributed by atoms with Crippen LogP contribution in [-0.2, 0) is 10.5 Å². The van der Waals surface area contributed by atoms with E-state index >= 15 is 0 Å². The molecular formula is C19H19N3O2S3. The minimum Gasteiger partial charge on any atom is -0.492 e. The molecule has 0 saturated heterocycles. The van der Waals surface area contributed by atoms with Crippen LogP contribution in [0.2, 0.25) is 0 Å². The second-order valence-corrected chi connectivity index (χ2v) is 8.80. The molecule has 3 rings (SSSR count). The summed E-state index contributed by atoms with van der Waals surface area (Å²) in [6, 6.07) is 17.7. The Bertz CT molecular complexity index is 871. The second-order valence-electron chi connectivity index (χ2n) is 5.37. The Labute approximate surface area is 170 Å². The highest BCUT2D eigenvalue weighted by atomic mass is 32.2. The number of para-hydroxylation sites is 2. The van der Waals surface area contributed by atoms with E-state index in [1.165, 1.54) is 28.7 Å². The van der Waals surface area contributed by atoms with E-state index in [9.17, 15) is 4.79 Å². The number of benzene rings is 2. The van der Waals surface area contributed by atoms with E-state index in [2.05, 4.69) is 27.6 Å². The van der Waals surface area contributed by atoms with Crippen LogP contribution in [0.15, 0.2) is 63.3 Å². The number of aromatic nitrogens is 2. The maximum absolute atomic E-state index is 12.2. The minimum atomic E-state index is -0.0964. The predicted molar refractivity (Wildman–Crippen MR) is 113 cm³/mol. The minimum absolute atomic E-state index is 0.0964. The predicted octanol–water partition coefficient (Wildman–Crippen LogP) is 4.96. The van der Waals surface area contributed by atoms with E-state index in [0.29, 0.717) is 18.0 Å². The van der Waals surface area contributed by atoms with Crippen molar-refractivity contribution in [2.45, 2.75) is 21.4 Å². The largest absolute Gasteiger partial charge is 0.492 e. The molecule has 0 aliphatic rings. The van der Waals surface area contributed by atoms with Gasteiger partial charge in [-0.3, -0.25) is 4.79 Å². The van der Waals surface area contributed by atoms with Crippen LogP contribution in [0, 0.1) is 0 Å². The van der Waals surface area contributed by atoms with Crippen LogP contribution in [0.5, 0.6) is 5.75 Å². The summed E-state index contributed by atoms with van der Waals surface area (Å²) in [4.78, 5) is 12.2. The molecule has 0 unspecified atom stereocenters. The van der Waals surface area contributed by atoms with Crippen molar-refractivity contribution in [1.29, 1.82) is 0 Å². The molecule has 0 aliphatic carbocycles. The quantitative estimate of drug-likeness (QED) is 0.497. The van der Waals surface area contributed by atoms with Gasteiger partial charge in [0.1, 0.15) is 5.75 Å². The average molecular weight is 418 g/mol. The van der Waals surface area contributed by atoms with E-state index in [1.54, 1.807) is 11.8 Å². The number of nitrogens with one attached hydrogen (secondary N) is 1. The van der Waals surface area contributed by atoms with Crippen molar-refractivity contribution in [3.8, 4) is 5.75 Å². The standard InChI is InChI=1S/C19H19N3O2S3/c1-2-24-16-11-7-6-10-15(16)20-17(23)13-26-19-22-21-18(27-19)25-12-14-8-4-3-5-9-14/h3-11H,2,12-13H2,1H3,(H,20,23). The molecule has 5 nitrogen and oxygen atoms in total. The Morgan fingerprint density at radius 2 is 1.74 bits per heavy atom. The molecule has 8 heteroatoms. The van der Waals surface area contributed by atoms with Gasteiger partial charge >= 0.3 is 0 Å². The molecule has 1 amide bonds. The van der Waals surface area contributed by atoms with E-state index < -0.39 is 0 Å². The first-order chi connectivity index (χ1) is 13.2. The van der Waals surface area contributed by atoms with Crippen molar-refractivity contribution in [1.82, 2.24) is 10.2 Å². The Balaban J connectivity index is 1.47. The Hall–Kier alpha value is -2.03. The number of ether oxygens (including phenoxy) is 1. The van der Waals surface area contributed by atoms with Gasteiger partial charge in [0.25, 0.3) is 0 Å². The van der Waals surface area contributed by atoms with Gasteiger partial charge in [-0.2, -0.15) is 0 Å².